The van der Waals surface area contributed by atoms with E-state index in [4.69, 9.17) is 4.74 Å². The van der Waals surface area contributed by atoms with Gasteiger partial charge in [0, 0.05) is 40.9 Å². The molecular weight excluding hydrogens is 499 g/mol. The molecule has 2 aromatic rings. The number of benzene rings is 1. The lowest BCUT2D eigenvalue weighted by Crippen LogP contribution is -2.43. The molecule has 2 rings (SSSR count). The summed E-state index contributed by atoms with van der Waals surface area (Å²) in [5.41, 5.74) is 0.577. The maximum atomic E-state index is 12.2. The van der Waals surface area contributed by atoms with Crippen LogP contribution in [0.15, 0.2) is 41.4 Å². The summed E-state index contributed by atoms with van der Waals surface area (Å²) in [5.74, 6) is 1.30. The molecule has 1 atom stereocenters. The first-order chi connectivity index (χ1) is 13.5. The first kappa shape index (κ1) is 25.2. The first-order valence-corrected chi connectivity index (χ1v) is 10.4. The Morgan fingerprint density at radius 1 is 1.24 bits per heavy atom. The van der Waals surface area contributed by atoms with Crippen LogP contribution in [0.1, 0.15) is 34.0 Å². The van der Waals surface area contributed by atoms with Crippen LogP contribution in [-0.4, -0.2) is 44.7 Å². The molecule has 0 saturated heterocycles. The van der Waals surface area contributed by atoms with Crippen molar-refractivity contribution < 1.29 is 9.53 Å². The Hall–Kier alpha value is -1.81. The highest BCUT2D eigenvalue weighted by Gasteiger charge is 2.08. The van der Waals surface area contributed by atoms with Gasteiger partial charge in [-0.25, -0.2) is 0 Å². The fraction of sp³-hybridized carbons (Fsp3) is 0.429. The quantitative estimate of drug-likeness (QED) is 0.201. The Balaban J connectivity index is 0.00000420. The third-order valence-electron chi connectivity index (χ3n) is 4.03. The average molecular weight is 530 g/mol. The summed E-state index contributed by atoms with van der Waals surface area (Å²) in [5, 5.41) is 9.57. The van der Waals surface area contributed by atoms with Crippen LogP contribution in [0.5, 0.6) is 5.75 Å². The molecule has 0 aliphatic carbocycles. The van der Waals surface area contributed by atoms with E-state index in [0.29, 0.717) is 24.4 Å². The largest absolute Gasteiger partial charge is 0.497 e. The molecule has 160 valence electrons. The van der Waals surface area contributed by atoms with Crippen LogP contribution < -0.4 is 20.7 Å². The van der Waals surface area contributed by atoms with Gasteiger partial charge in [-0.1, -0.05) is 6.07 Å². The number of aliphatic imine (C=N–C) groups is 1. The van der Waals surface area contributed by atoms with Gasteiger partial charge in [0.05, 0.1) is 13.7 Å². The lowest BCUT2D eigenvalue weighted by Gasteiger charge is -2.17. The fourth-order valence-corrected chi connectivity index (χ4v) is 3.72. The Morgan fingerprint density at radius 3 is 2.69 bits per heavy atom. The number of carbonyl (C=O) groups excluding carboxylic acids is 1. The van der Waals surface area contributed by atoms with Crippen molar-refractivity contribution in [2.75, 3.05) is 26.7 Å². The summed E-state index contributed by atoms with van der Waals surface area (Å²) in [6, 6.07) is 11.7. The Bertz CT molecular complexity index is 794. The molecular formula is C21H31IN4O2S. The monoisotopic (exact) mass is 530 g/mol. The number of nitrogens with zero attached hydrogens (tertiary/aromatic N) is 1. The first-order valence-electron chi connectivity index (χ1n) is 9.54. The number of amides is 1. The van der Waals surface area contributed by atoms with E-state index < -0.39 is 0 Å². The van der Waals surface area contributed by atoms with Crippen molar-refractivity contribution in [3.8, 4) is 5.75 Å². The zero-order valence-corrected chi connectivity index (χ0v) is 20.6. The SMILES string of the molecule is CCNC(=NCCNC(=O)c1cccc(OC)c1)NC(C)Cc1ccc(C)s1.I. The van der Waals surface area contributed by atoms with Gasteiger partial charge in [0.25, 0.3) is 5.91 Å². The lowest BCUT2D eigenvalue weighted by molar-refractivity contribution is 0.0954. The maximum Gasteiger partial charge on any atom is 0.251 e. The van der Waals surface area contributed by atoms with Crippen molar-refractivity contribution in [3.05, 3.63) is 51.7 Å². The number of hydrogen-bond donors (Lipinski definition) is 3. The molecule has 6 nitrogen and oxygen atoms in total. The zero-order chi connectivity index (χ0) is 20.4. The maximum absolute atomic E-state index is 12.2. The highest BCUT2D eigenvalue weighted by atomic mass is 127. The van der Waals surface area contributed by atoms with Crippen LogP contribution in [0.4, 0.5) is 0 Å². The van der Waals surface area contributed by atoms with Crippen LogP contribution in [0, 0.1) is 6.92 Å². The van der Waals surface area contributed by atoms with Crippen LogP contribution in [-0.2, 0) is 6.42 Å². The minimum Gasteiger partial charge on any atom is -0.497 e. The van der Waals surface area contributed by atoms with E-state index in [2.05, 4.69) is 46.9 Å². The Kier molecular flexibility index (Phi) is 11.7. The predicted molar refractivity (Wildman–Crippen MR) is 132 cm³/mol. The molecule has 0 bridgehead atoms. The minimum atomic E-state index is -0.131. The number of methoxy groups -OCH3 is 1. The van der Waals surface area contributed by atoms with Gasteiger partial charge in [-0.2, -0.15) is 0 Å². The van der Waals surface area contributed by atoms with E-state index in [9.17, 15) is 4.79 Å². The van der Waals surface area contributed by atoms with E-state index in [-0.39, 0.29) is 35.9 Å². The van der Waals surface area contributed by atoms with Gasteiger partial charge in [-0.15, -0.1) is 35.3 Å². The molecule has 0 aliphatic rings. The van der Waals surface area contributed by atoms with E-state index in [1.165, 1.54) is 9.75 Å². The molecule has 8 heteroatoms. The molecule has 0 radical (unpaired) electrons. The number of guanidine groups is 1. The van der Waals surface area contributed by atoms with Gasteiger partial charge in [0.2, 0.25) is 0 Å². The van der Waals surface area contributed by atoms with Crippen molar-refractivity contribution in [1.29, 1.82) is 0 Å². The summed E-state index contributed by atoms with van der Waals surface area (Å²) in [6.07, 6.45) is 0.954. The third kappa shape index (κ3) is 9.03. The highest BCUT2D eigenvalue weighted by molar-refractivity contribution is 14.0. The number of carbonyl (C=O) groups is 1. The van der Waals surface area contributed by atoms with Crippen LogP contribution in [0.25, 0.3) is 0 Å². The summed E-state index contributed by atoms with van der Waals surface area (Å²) in [4.78, 5) is 19.5. The number of nitrogens with one attached hydrogen (secondary N) is 3. The molecule has 1 amide bonds. The zero-order valence-electron chi connectivity index (χ0n) is 17.5. The summed E-state index contributed by atoms with van der Waals surface area (Å²) in [7, 11) is 1.58. The second-order valence-corrected chi connectivity index (χ2v) is 7.88. The molecule has 1 heterocycles. The molecule has 1 aromatic heterocycles. The van der Waals surface area contributed by atoms with Crippen molar-refractivity contribution >= 4 is 47.2 Å². The number of rotatable bonds is 9. The molecule has 0 saturated carbocycles. The second-order valence-electron chi connectivity index (χ2n) is 6.51. The van der Waals surface area contributed by atoms with Crippen LogP contribution >= 0.6 is 35.3 Å². The van der Waals surface area contributed by atoms with Gasteiger partial charge in [-0.05, 0) is 51.1 Å². The third-order valence-corrected chi connectivity index (χ3v) is 5.05. The lowest BCUT2D eigenvalue weighted by atomic mass is 10.2. The van der Waals surface area contributed by atoms with Gasteiger partial charge in [0.15, 0.2) is 5.96 Å². The van der Waals surface area contributed by atoms with Crippen molar-refractivity contribution in [1.82, 2.24) is 16.0 Å². The Morgan fingerprint density at radius 2 is 2.03 bits per heavy atom. The van der Waals surface area contributed by atoms with Crippen molar-refractivity contribution in [3.63, 3.8) is 0 Å². The highest BCUT2D eigenvalue weighted by Crippen LogP contribution is 2.16. The smallest absolute Gasteiger partial charge is 0.251 e. The second kappa shape index (κ2) is 13.4. The predicted octanol–water partition coefficient (Wildman–Crippen LogP) is 3.60. The van der Waals surface area contributed by atoms with E-state index in [1.807, 2.05) is 24.3 Å². The number of aryl methyl sites for hydroxylation is 1. The molecule has 0 spiro atoms. The Labute approximate surface area is 194 Å². The number of halogens is 1. The fourth-order valence-electron chi connectivity index (χ4n) is 2.70. The molecule has 1 aromatic carbocycles. The van der Waals surface area contributed by atoms with Gasteiger partial charge in [0.1, 0.15) is 5.75 Å². The molecule has 29 heavy (non-hydrogen) atoms. The van der Waals surface area contributed by atoms with Gasteiger partial charge >= 0.3 is 0 Å². The van der Waals surface area contributed by atoms with E-state index >= 15 is 0 Å². The minimum absolute atomic E-state index is 0. The van der Waals surface area contributed by atoms with Crippen LogP contribution in [0.3, 0.4) is 0 Å². The van der Waals surface area contributed by atoms with Gasteiger partial charge in [-0.3, -0.25) is 9.79 Å². The van der Waals surface area contributed by atoms with E-state index in [1.54, 1.807) is 25.3 Å². The number of ether oxygens (including phenoxy) is 1. The van der Waals surface area contributed by atoms with Crippen molar-refractivity contribution in [2.24, 2.45) is 4.99 Å². The summed E-state index contributed by atoms with van der Waals surface area (Å²) < 4.78 is 5.15. The molecule has 1 unspecified atom stereocenters. The topological polar surface area (TPSA) is 74.8 Å². The van der Waals surface area contributed by atoms with Crippen molar-refractivity contribution in [2.45, 2.75) is 33.2 Å². The summed E-state index contributed by atoms with van der Waals surface area (Å²) >= 11 is 1.82. The molecule has 0 aliphatic heterocycles. The van der Waals surface area contributed by atoms with E-state index in [0.717, 1.165) is 18.9 Å². The van der Waals surface area contributed by atoms with Gasteiger partial charge < -0.3 is 20.7 Å². The number of hydrogen-bond acceptors (Lipinski definition) is 4. The normalized spacial score (nSPS) is 11.9. The summed E-state index contributed by atoms with van der Waals surface area (Å²) in [6.45, 7) is 8.05. The standard InChI is InChI=1S/C21H30N4O2S.HI/c1-5-22-21(25-15(2)13-19-10-9-16(3)28-19)24-12-11-23-20(26)17-7-6-8-18(14-17)27-4;/h6-10,14-15H,5,11-13H2,1-4H3,(H,23,26)(H2,22,24,25);1H. The average Bonchev–Trinajstić information content (AvgIpc) is 3.09. The number of thiophene rings is 1. The molecule has 0 fully saturated rings. The van der Waals surface area contributed by atoms with Crippen LogP contribution in [0.2, 0.25) is 0 Å². The molecule has 3 N–H and O–H groups in total.